The van der Waals surface area contributed by atoms with Crippen molar-refractivity contribution in [2.45, 2.75) is 26.3 Å². The molecule has 0 aliphatic carbocycles. The van der Waals surface area contributed by atoms with E-state index >= 15 is 0 Å². The number of ether oxygens (including phenoxy) is 1. The minimum Gasteiger partial charge on any atom is -0.493 e. The molecule has 0 atom stereocenters. The van der Waals surface area contributed by atoms with E-state index in [1.165, 1.54) is 0 Å². The third-order valence-corrected chi connectivity index (χ3v) is 3.76. The van der Waals surface area contributed by atoms with E-state index in [2.05, 4.69) is 29.0 Å². The number of methoxy groups -OCH3 is 1. The Bertz CT molecular complexity index is 478. The van der Waals surface area contributed by atoms with Crippen LogP contribution in [0.3, 0.4) is 0 Å². The van der Waals surface area contributed by atoms with Crippen molar-refractivity contribution in [2.75, 3.05) is 38.6 Å². The van der Waals surface area contributed by atoms with Crippen LogP contribution in [0.4, 0.5) is 10.6 Å². The Labute approximate surface area is 126 Å². The predicted octanol–water partition coefficient (Wildman–Crippen LogP) is 2.04. The largest absolute Gasteiger partial charge is 0.493 e. The molecule has 0 aromatic carbocycles. The molecule has 0 radical (unpaired) electrons. The van der Waals surface area contributed by atoms with Crippen molar-refractivity contribution in [3.63, 3.8) is 0 Å². The van der Waals surface area contributed by atoms with Crippen LogP contribution in [0.2, 0.25) is 0 Å². The van der Waals surface area contributed by atoms with Crippen LogP contribution in [-0.4, -0.2) is 60.1 Å². The number of amides is 2. The lowest BCUT2D eigenvalue weighted by Crippen LogP contribution is -2.39. The van der Waals surface area contributed by atoms with E-state index in [4.69, 9.17) is 4.74 Å². The molecule has 1 aliphatic heterocycles. The van der Waals surface area contributed by atoms with Gasteiger partial charge in [-0.05, 0) is 32.4 Å². The first kappa shape index (κ1) is 15.6. The van der Waals surface area contributed by atoms with Crippen molar-refractivity contribution in [3.05, 3.63) is 18.3 Å². The molecule has 6 heteroatoms. The van der Waals surface area contributed by atoms with Crippen LogP contribution in [0.15, 0.2) is 18.3 Å². The maximum absolute atomic E-state index is 12.4. The summed E-state index contributed by atoms with van der Waals surface area (Å²) in [5, 5.41) is 2.84. The Morgan fingerprint density at radius 1 is 1.33 bits per heavy atom. The Morgan fingerprint density at radius 3 is 2.86 bits per heavy atom. The summed E-state index contributed by atoms with van der Waals surface area (Å²) in [5.74, 6) is 1.04. The molecule has 2 heterocycles. The normalized spacial score (nSPS) is 16.7. The van der Waals surface area contributed by atoms with Gasteiger partial charge in [0.05, 0.1) is 7.11 Å². The zero-order valence-electron chi connectivity index (χ0n) is 13.0. The number of carbonyl (C=O) groups excluding carboxylic acids is 1. The van der Waals surface area contributed by atoms with Gasteiger partial charge in [0.15, 0.2) is 11.6 Å². The van der Waals surface area contributed by atoms with Crippen LogP contribution in [0.25, 0.3) is 0 Å². The van der Waals surface area contributed by atoms with Gasteiger partial charge in [0.2, 0.25) is 0 Å². The van der Waals surface area contributed by atoms with Crippen LogP contribution < -0.4 is 10.1 Å². The number of hydrogen-bond donors (Lipinski definition) is 1. The molecule has 1 N–H and O–H groups in total. The number of pyridine rings is 1. The van der Waals surface area contributed by atoms with E-state index in [0.717, 1.165) is 32.6 Å². The molecular weight excluding hydrogens is 268 g/mol. The number of anilines is 1. The van der Waals surface area contributed by atoms with Gasteiger partial charge in [-0.3, -0.25) is 10.2 Å². The van der Waals surface area contributed by atoms with Crippen LogP contribution in [0, 0.1) is 0 Å². The highest BCUT2D eigenvalue weighted by molar-refractivity contribution is 5.89. The SMILES string of the molecule is COc1cccnc1NC(=O)N1CCCN(C(C)C)CC1. The number of hydrogen-bond acceptors (Lipinski definition) is 4. The second-order valence-electron chi connectivity index (χ2n) is 5.45. The lowest BCUT2D eigenvalue weighted by atomic mass is 10.3. The Morgan fingerprint density at radius 2 is 2.14 bits per heavy atom. The molecule has 0 unspecified atom stereocenters. The summed E-state index contributed by atoms with van der Waals surface area (Å²) in [6.07, 6.45) is 2.63. The highest BCUT2D eigenvalue weighted by Gasteiger charge is 2.21. The van der Waals surface area contributed by atoms with Crippen molar-refractivity contribution in [1.82, 2.24) is 14.8 Å². The van der Waals surface area contributed by atoms with Crippen LogP contribution in [-0.2, 0) is 0 Å². The topological polar surface area (TPSA) is 57.7 Å². The average molecular weight is 292 g/mol. The molecule has 0 spiro atoms. The Kier molecular flexibility index (Phi) is 5.38. The Balaban J connectivity index is 1.97. The zero-order valence-corrected chi connectivity index (χ0v) is 13.0. The summed E-state index contributed by atoms with van der Waals surface area (Å²) in [6, 6.07) is 3.97. The van der Waals surface area contributed by atoms with Crippen LogP contribution >= 0.6 is 0 Å². The highest BCUT2D eigenvalue weighted by Crippen LogP contribution is 2.20. The zero-order chi connectivity index (χ0) is 15.2. The lowest BCUT2D eigenvalue weighted by molar-refractivity contribution is 0.205. The first-order valence-electron chi connectivity index (χ1n) is 7.41. The molecular formula is C15H24N4O2. The second kappa shape index (κ2) is 7.26. The third kappa shape index (κ3) is 4.07. The number of rotatable bonds is 3. The minimum absolute atomic E-state index is 0.113. The maximum Gasteiger partial charge on any atom is 0.323 e. The van der Waals surface area contributed by atoms with Crippen LogP contribution in [0.1, 0.15) is 20.3 Å². The minimum atomic E-state index is -0.113. The van der Waals surface area contributed by atoms with E-state index in [-0.39, 0.29) is 6.03 Å². The molecule has 1 aromatic rings. The summed E-state index contributed by atoms with van der Waals surface area (Å²) in [7, 11) is 1.57. The predicted molar refractivity (Wildman–Crippen MR) is 82.7 cm³/mol. The molecule has 2 amide bonds. The smallest absolute Gasteiger partial charge is 0.323 e. The molecule has 0 saturated carbocycles. The van der Waals surface area contributed by atoms with Gasteiger partial charge in [-0.25, -0.2) is 9.78 Å². The molecule has 21 heavy (non-hydrogen) atoms. The molecule has 2 rings (SSSR count). The van der Waals surface area contributed by atoms with Gasteiger partial charge in [0.1, 0.15) is 0 Å². The van der Waals surface area contributed by atoms with E-state index < -0.39 is 0 Å². The maximum atomic E-state index is 12.4. The fraction of sp³-hybridized carbons (Fsp3) is 0.600. The van der Waals surface area contributed by atoms with Gasteiger partial charge >= 0.3 is 6.03 Å². The van der Waals surface area contributed by atoms with Gasteiger partial charge < -0.3 is 9.64 Å². The summed E-state index contributed by atoms with van der Waals surface area (Å²) in [6.45, 7) is 7.82. The quantitative estimate of drug-likeness (QED) is 0.926. The van der Waals surface area contributed by atoms with E-state index in [1.54, 1.807) is 25.4 Å². The lowest BCUT2D eigenvalue weighted by Gasteiger charge is -2.25. The molecule has 6 nitrogen and oxygen atoms in total. The number of nitrogens with one attached hydrogen (secondary N) is 1. The average Bonchev–Trinajstić information content (AvgIpc) is 2.73. The van der Waals surface area contributed by atoms with Crippen molar-refractivity contribution in [3.8, 4) is 5.75 Å². The summed E-state index contributed by atoms with van der Waals surface area (Å²) in [5.41, 5.74) is 0. The first-order chi connectivity index (χ1) is 10.1. The molecule has 0 bridgehead atoms. The molecule has 1 saturated heterocycles. The van der Waals surface area contributed by atoms with Crippen LogP contribution in [0.5, 0.6) is 5.75 Å². The van der Waals surface area contributed by atoms with Crippen molar-refractivity contribution in [1.29, 1.82) is 0 Å². The van der Waals surface area contributed by atoms with Gasteiger partial charge in [-0.2, -0.15) is 0 Å². The van der Waals surface area contributed by atoms with E-state index in [9.17, 15) is 4.79 Å². The summed E-state index contributed by atoms with van der Waals surface area (Å²) < 4.78 is 5.20. The van der Waals surface area contributed by atoms with E-state index in [0.29, 0.717) is 17.6 Å². The fourth-order valence-electron chi connectivity index (χ4n) is 2.49. The molecule has 1 aliphatic rings. The van der Waals surface area contributed by atoms with Crippen molar-refractivity contribution >= 4 is 11.8 Å². The monoisotopic (exact) mass is 292 g/mol. The Hall–Kier alpha value is -1.82. The van der Waals surface area contributed by atoms with Crippen molar-refractivity contribution in [2.24, 2.45) is 0 Å². The van der Waals surface area contributed by atoms with Gasteiger partial charge in [0.25, 0.3) is 0 Å². The summed E-state index contributed by atoms with van der Waals surface area (Å²) in [4.78, 5) is 20.8. The molecule has 1 aromatic heterocycles. The highest BCUT2D eigenvalue weighted by atomic mass is 16.5. The number of aromatic nitrogens is 1. The third-order valence-electron chi connectivity index (χ3n) is 3.76. The van der Waals surface area contributed by atoms with E-state index in [1.807, 2.05) is 4.90 Å². The van der Waals surface area contributed by atoms with Gasteiger partial charge in [-0.15, -0.1) is 0 Å². The summed E-state index contributed by atoms with van der Waals surface area (Å²) >= 11 is 0. The standard InChI is InChI=1S/C15H24N4O2/c1-12(2)18-8-5-9-19(11-10-18)15(20)17-14-13(21-3)6-4-7-16-14/h4,6-7,12H,5,8-11H2,1-3H3,(H,16,17,20). The van der Waals surface area contributed by atoms with Crippen molar-refractivity contribution < 1.29 is 9.53 Å². The fourth-order valence-corrected chi connectivity index (χ4v) is 2.49. The molecule has 1 fully saturated rings. The van der Waals surface area contributed by atoms with Gasteiger partial charge in [-0.1, -0.05) is 0 Å². The second-order valence-corrected chi connectivity index (χ2v) is 5.45. The number of nitrogens with zero attached hydrogens (tertiary/aromatic N) is 3. The molecule has 116 valence electrons. The first-order valence-corrected chi connectivity index (χ1v) is 7.41. The van der Waals surface area contributed by atoms with Gasteiger partial charge in [0, 0.05) is 38.4 Å². The number of urea groups is 1. The number of carbonyl (C=O) groups is 1.